The largest absolute Gasteiger partial charge is 0.500 e. The molecule has 1 aliphatic heterocycles. The lowest BCUT2D eigenvalue weighted by molar-refractivity contribution is -0.139. The molecule has 1 unspecified atom stereocenters. The molecule has 0 aromatic heterocycles. The van der Waals surface area contributed by atoms with Gasteiger partial charge in [-0.2, -0.15) is 0 Å². The predicted molar refractivity (Wildman–Crippen MR) is 154 cm³/mol. The molecule has 0 amide bonds. The van der Waals surface area contributed by atoms with Crippen molar-refractivity contribution >= 4 is 14.9 Å². The molecule has 9 heteroatoms. The third-order valence-electron chi connectivity index (χ3n) is 6.80. The topological polar surface area (TPSA) is 84.8 Å². The highest BCUT2D eigenvalue weighted by Crippen LogP contribution is 2.30. The second kappa shape index (κ2) is 15.6. The van der Waals surface area contributed by atoms with Gasteiger partial charge in [0.25, 0.3) is 0 Å². The van der Waals surface area contributed by atoms with Gasteiger partial charge in [0.15, 0.2) is 6.29 Å². The Kier molecular flexibility index (Phi) is 12.6. The fourth-order valence-electron chi connectivity index (χ4n) is 4.48. The standard InChI is InChI=1S/C30H44O8Si/c1-6-37-29(31)16-10-24-9-15-28(26(20-24)8-7-19-39(32-3,33-4)34-5)25-11-13-27(14-12-25)38-18-17-35-21-30(2)22-36-23-30/h9-16,20,29,31H,6-8,17-19,21-23H2,1-5H3/b16-10+. The number of hydrogen-bond acceptors (Lipinski definition) is 8. The summed E-state index contributed by atoms with van der Waals surface area (Å²) < 4.78 is 38.9. The number of aliphatic hydroxyl groups excluding tert-OH is 1. The molecule has 2 aromatic carbocycles. The van der Waals surface area contributed by atoms with Crippen molar-refractivity contribution < 1.29 is 37.3 Å². The van der Waals surface area contributed by atoms with Crippen LogP contribution in [0.5, 0.6) is 5.75 Å². The Morgan fingerprint density at radius 2 is 1.74 bits per heavy atom. The lowest BCUT2D eigenvalue weighted by atomic mass is 9.90. The molecule has 0 radical (unpaired) electrons. The molecule has 1 saturated heterocycles. The number of hydrogen-bond donors (Lipinski definition) is 1. The number of rotatable bonds is 18. The normalized spacial score (nSPS) is 15.8. The fraction of sp³-hybridized carbons (Fsp3) is 0.533. The van der Waals surface area contributed by atoms with Crippen LogP contribution in [0.3, 0.4) is 0 Å². The molecule has 1 N–H and O–H groups in total. The third kappa shape index (κ3) is 9.51. The zero-order valence-electron chi connectivity index (χ0n) is 23.9. The van der Waals surface area contributed by atoms with Crippen molar-refractivity contribution in [1.29, 1.82) is 0 Å². The van der Waals surface area contributed by atoms with E-state index in [9.17, 15) is 5.11 Å². The second-order valence-corrected chi connectivity index (χ2v) is 13.1. The summed E-state index contributed by atoms with van der Waals surface area (Å²) in [7, 11) is 2.26. The summed E-state index contributed by atoms with van der Waals surface area (Å²) in [4.78, 5) is 0. The van der Waals surface area contributed by atoms with Crippen LogP contribution in [0.2, 0.25) is 6.04 Å². The zero-order chi connectivity index (χ0) is 28.1. The molecule has 39 heavy (non-hydrogen) atoms. The SMILES string of the molecule is CCOC(O)/C=C/c1ccc(-c2ccc(OCCOCC3(C)COC3)cc2)c(CCC[Si](OC)(OC)OC)c1. The Morgan fingerprint density at radius 3 is 2.36 bits per heavy atom. The molecule has 0 aliphatic carbocycles. The van der Waals surface area contributed by atoms with E-state index in [1.165, 1.54) is 5.56 Å². The molecule has 0 saturated carbocycles. The Labute approximate surface area is 234 Å². The van der Waals surface area contributed by atoms with Crippen LogP contribution in [0.25, 0.3) is 17.2 Å². The first-order chi connectivity index (χ1) is 18.9. The Bertz CT molecular complexity index is 1010. The maximum absolute atomic E-state index is 9.92. The van der Waals surface area contributed by atoms with Gasteiger partial charge in [-0.3, -0.25) is 0 Å². The summed E-state index contributed by atoms with van der Waals surface area (Å²) in [6, 6.07) is 15.2. The lowest BCUT2D eigenvalue weighted by Gasteiger charge is -2.37. The molecule has 216 valence electrons. The monoisotopic (exact) mass is 560 g/mol. The smallest absolute Gasteiger partial charge is 0.491 e. The fourth-order valence-corrected chi connectivity index (χ4v) is 6.20. The molecule has 1 aliphatic rings. The highest BCUT2D eigenvalue weighted by atomic mass is 28.4. The summed E-state index contributed by atoms with van der Waals surface area (Å²) in [5, 5.41) is 9.92. The molecule has 1 fully saturated rings. The van der Waals surface area contributed by atoms with Crippen molar-refractivity contribution in [3.63, 3.8) is 0 Å². The van der Waals surface area contributed by atoms with Crippen LogP contribution >= 0.6 is 0 Å². The first-order valence-corrected chi connectivity index (χ1v) is 15.4. The van der Waals surface area contributed by atoms with Crippen molar-refractivity contribution in [2.45, 2.75) is 39.0 Å². The highest BCUT2D eigenvalue weighted by molar-refractivity contribution is 6.60. The summed E-state index contributed by atoms with van der Waals surface area (Å²) >= 11 is 0. The van der Waals surface area contributed by atoms with Crippen LogP contribution < -0.4 is 4.74 Å². The van der Waals surface area contributed by atoms with Crippen molar-refractivity contribution in [3.8, 4) is 16.9 Å². The van der Waals surface area contributed by atoms with Gasteiger partial charge in [-0.15, -0.1) is 0 Å². The Morgan fingerprint density at radius 1 is 1.03 bits per heavy atom. The van der Waals surface area contributed by atoms with E-state index in [4.69, 9.17) is 32.2 Å². The van der Waals surface area contributed by atoms with E-state index in [2.05, 4.69) is 31.2 Å². The molecule has 2 aromatic rings. The molecular formula is C30H44O8Si. The second-order valence-electron chi connectivity index (χ2n) is 10.00. The van der Waals surface area contributed by atoms with E-state index in [-0.39, 0.29) is 5.41 Å². The van der Waals surface area contributed by atoms with Gasteiger partial charge in [0, 0.05) is 39.4 Å². The first kappa shape index (κ1) is 31.4. The quantitative estimate of drug-likeness (QED) is 0.156. The van der Waals surface area contributed by atoms with Gasteiger partial charge in [-0.25, -0.2) is 0 Å². The van der Waals surface area contributed by atoms with Gasteiger partial charge in [-0.1, -0.05) is 43.3 Å². The molecule has 0 bridgehead atoms. The maximum atomic E-state index is 9.92. The molecule has 0 spiro atoms. The van der Waals surface area contributed by atoms with Crippen molar-refractivity contribution in [2.75, 3.05) is 61.0 Å². The van der Waals surface area contributed by atoms with Gasteiger partial charge in [0.1, 0.15) is 12.4 Å². The Balaban J connectivity index is 1.67. The van der Waals surface area contributed by atoms with Crippen molar-refractivity contribution in [2.24, 2.45) is 5.41 Å². The van der Waals surface area contributed by atoms with E-state index in [1.807, 2.05) is 31.2 Å². The van der Waals surface area contributed by atoms with Crippen molar-refractivity contribution in [1.82, 2.24) is 0 Å². The van der Waals surface area contributed by atoms with Crippen molar-refractivity contribution in [3.05, 3.63) is 59.7 Å². The minimum Gasteiger partial charge on any atom is -0.491 e. The molecule has 8 nitrogen and oxygen atoms in total. The van der Waals surface area contributed by atoms with Crippen LogP contribution in [-0.2, 0) is 33.9 Å². The van der Waals surface area contributed by atoms with Gasteiger partial charge in [0.05, 0.1) is 26.4 Å². The van der Waals surface area contributed by atoms with Crippen LogP contribution in [0.15, 0.2) is 48.5 Å². The van der Waals surface area contributed by atoms with Gasteiger partial charge in [0.2, 0.25) is 0 Å². The van der Waals surface area contributed by atoms with Gasteiger partial charge in [-0.05, 0) is 60.2 Å². The Hall–Kier alpha value is -2.08. The summed E-state index contributed by atoms with van der Waals surface area (Å²) in [6.45, 7) is 7.73. The minimum atomic E-state index is -2.65. The zero-order valence-corrected chi connectivity index (χ0v) is 24.9. The number of aliphatic hydroxyl groups is 1. The van der Waals surface area contributed by atoms with E-state index >= 15 is 0 Å². The predicted octanol–water partition coefficient (Wildman–Crippen LogP) is 4.96. The van der Waals surface area contributed by atoms with E-state index in [1.54, 1.807) is 27.4 Å². The highest BCUT2D eigenvalue weighted by Gasteiger charge is 2.37. The average Bonchev–Trinajstić information content (AvgIpc) is 2.94. The van der Waals surface area contributed by atoms with E-state index < -0.39 is 15.1 Å². The van der Waals surface area contributed by atoms with E-state index in [0.29, 0.717) is 32.5 Å². The van der Waals surface area contributed by atoms with Gasteiger partial charge < -0.3 is 37.3 Å². The maximum Gasteiger partial charge on any atom is 0.500 e. The van der Waals surface area contributed by atoms with E-state index in [0.717, 1.165) is 48.5 Å². The third-order valence-corrected chi connectivity index (χ3v) is 9.63. The summed E-state index contributed by atoms with van der Waals surface area (Å²) in [6.07, 6.45) is 4.26. The number of benzene rings is 2. The number of ether oxygens (including phenoxy) is 4. The first-order valence-electron chi connectivity index (χ1n) is 13.5. The van der Waals surface area contributed by atoms with Gasteiger partial charge >= 0.3 is 8.80 Å². The minimum absolute atomic E-state index is 0.147. The van der Waals surface area contributed by atoms with Crippen LogP contribution in [0.1, 0.15) is 31.4 Å². The number of aryl methyl sites for hydroxylation is 1. The molecule has 3 rings (SSSR count). The summed E-state index contributed by atoms with van der Waals surface area (Å²) in [5.74, 6) is 0.808. The lowest BCUT2D eigenvalue weighted by Crippen LogP contribution is -2.43. The molecule has 1 atom stereocenters. The molecular weight excluding hydrogens is 516 g/mol. The van der Waals surface area contributed by atoms with Crippen LogP contribution in [0, 0.1) is 5.41 Å². The molecule has 1 heterocycles. The summed E-state index contributed by atoms with van der Waals surface area (Å²) in [5.41, 5.74) is 4.56. The van der Waals surface area contributed by atoms with Crippen LogP contribution in [0.4, 0.5) is 0 Å². The van der Waals surface area contributed by atoms with Crippen LogP contribution in [-0.4, -0.2) is 81.2 Å². The average molecular weight is 561 g/mol.